The van der Waals surface area contributed by atoms with E-state index in [0.29, 0.717) is 29.4 Å². The Morgan fingerprint density at radius 1 is 1.31 bits per heavy atom. The van der Waals surface area contributed by atoms with Gasteiger partial charge >= 0.3 is 6.03 Å². The van der Waals surface area contributed by atoms with Gasteiger partial charge in [-0.3, -0.25) is 5.10 Å². The lowest BCUT2D eigenvalue weighted by Crippen LogP contribution is -2.45. The van der Waals surface area contributed by atoms with Crippen molar-refractivity contribution in [2.24, 2.45) is 11.3 Å². The first-order valence-corrected chi connectivity index (χ1v) is 11.0. The number of fused-ring (bicyclic) bond motifs is 1. The highest BCUT2D eigenvalue weighted by Gasteiger charge is 2.40. The second-order valence-corrected chi connectivity index (χ2v) is 9.37. The Kier molecular flexibility index (Phi) is 6.09. The zero-order valence-corrected chi connectivity index (χ0v) is 18.9. The van der Waals surface area contributed by atoms with Crippen LogP contribution in [0.3, 0.4) is 0 Å². The van der Waals surface area contributed by atoms with Crippen LogP contribution in [0.1, 0.15) is 43.9 Å². The van der Waals surface area contributed by atoms with Gasteiger partial charge in [0.25, 0.3) is 0 Å². The Labute approximate surface area is 192 Å². The molecule has 8 heteroatoms. The van der Waals surface area contributed by atoms with Crippen molar-refractivity contribution in [2.75, 3.05) is 18.4 Å². The quantitative estimate of drug-likeness (QED) is 0.513. The van der Waals surface area contributed by atoms with Crippen LogP contribution >= 0.6 is 11.6 Å². The summed E-state index contributed by atoms with van der Waals surface area (Å²) in [6.45, 7) is 5.35. The average molecular weight is 452 g/mol. The number of carbonyl (C=O) groups is 1. The molecular weight excluding hydrogens is 426 g/mol. The fourth-order valence-electron chi connectivity index (χ4n) is 4.54. The maximum Gasteiger partial charge on any atom is 0.321 e. The van der Waals surface area contributed by atoms with Crippen LogP contribution in [-0.2, 0) is 0 Å². The number of benzene rings is 2. The summed E-state index contributed by atoms with van der Waals surface area (Å²) in [7, 11) is 0. The minimum absolute atomic E-state index is 0.152. The Hall–Kier alpha value is -3.08. The van der Waals surface area contributed by atoms with E-state index in [9.17, 15) is 9.90 Å². The Balaban J connectivity index is 1.41. The first-order chi connectivity index (χ1) is 15.3. The predicted molar refractivity (Wildman–Crippen MR) is 124 cm³/mol. The molecule has 3 aromatic rings. The molecule has 1 fully saturated rings. The van der Waals surface area contributed by atoms with E-state index in [4.69, 9.17) is 16.9 Å². The summed E-state index contributed by atoms with van der Waals surface area (Å²) >= 11 is 6.28. The zero-order valence-electron chi connectivity index (χ0n) is 18.1. The largest absolute Gasteiger partial charge is 0.388 e. The van der Waals surface area contributed by atoms with Crippen LogP contribution < -0.4 is 5.32 Å². The number of piperidine rings is 1. The summed E-state index contributed by atoms with van der Waals surface area (Å²) in [5.74, 6) is 0.230. The third kappa shape index (κ3) is 4.29. The highest BCUT2D eigenvalue weighted by atomic mass is 35.5. The van der Waals surface area contributed by atoms with Gasteiger partial charge in [0, 0.05) is 34.7 Å². The van der Waals surface area contributed by atoms with Gasteiger partial charge in [0.15, 0.2) is 0 Å². The standard InChI is InChI=1S/C24H26ClN5O2/c1-24(2,22(31)20-12-18(25)11-16-14-27-29-21(16)20)17-7-9-30(10-8-17)23(32)28-19-5-3-15(13-26)4-6-19/h3-6,11-12,14,17,22,31H,7-10H2,1-2H3,(H,27,29)(H,28,32). The van der Waals surface area contributed by atoms with Crippen molar-refractivity contribution < 1.29 is 9.90 Å². The van der Waals surface area contributed by atoms with Crippen LogP contribution in [-0.4, -0.2) is 39.3 Å². The number of H-pyrrole nitrogens is 1. The monoisotopic (exact) mass is 451 g/mol. The lowest BCUT2D eigenvalue weighted by atomic mass is 9.68. The number of hydrogen-bond acceptors (Lipinski definition) is 4. The summed E-state index contributed by atoms with van der Waals surface area (Å²) in [6.07, 6.45) is 2.55. The SMILES string of the molecule is CC(C)(C1CCN(C(=O)Nc2ccc(C#N)cc2)CC1)C(O)c1cc(Cl)cc2cn[nH]c12. The third-order valence-electron chi connectivity index (χ3n) is 6.64. The number of hydrogen-bond donors (Lipinski definition) is 3. The average Bonchev–Trinajstić information content (AvgIpc) is 3.27. The number of anilines is 1. The molecule has 0 radical (unpaired) electrons. The van der Waals surface area contributed by atoms with E-state index in [1.807, 2.05) is 6.07 Å². The van der Waals surface area contributed by atoms with Crippen LogP contribution in [0.4, 0.5) is 10.5 Å². The lowest BCUT2D eigenvalue weighted by molar-refractivity contribution is -0.0138. The van der Waals surface area contributed by atoms with Crippen LogP contribution in [0.25, 0.3) is 10.9 Å². The van der Waals surface area contributed by atoms with E-state index in [-0.39, 0.29) is 11.9 Å². The zero-order chi connectivity index (χ0) is 22.9. The van der Waals surface area contributed by atoms with Gasteiger partial charge in [-0.1, -0.05) is 25.4 Å². The van der Waals surface area contributed by atoms with Gasteiger partial charge in [-0.15, -0.1) is 0 Å². The molecule has 1 aromatic heterocycles. The summed E-state index contributed by atoms with van der Waals surface area (Å²) in [5.41, 5.74) is 2.34. The van der Waals surface area contributed by atoms with E-state index in [2.05, 4.69) is 35.4 Å². The second-order valence-electron chi connectivity index (χ2n) is 8.93. The predicted octanol–water partition coefficient (Wildman–Crippen LogP) is 5.09. The van der Waals surface area contributed by atoms with E-state index < -0.39 is 11.5 Å². The molecule has 0 spiro atoms. The third-order valence-corrected chi connectivity index (χ3v) is 6.86. The number of urea groups is 1. The van der Waals surface area contributed by atoms with Gasteiger partial charge in [-0.2, -0.15) is 10.4 Å². The van der Waals surface area contributed by atoms with Crippen LogP contribution in [0, 0.1) is 22.7 Å². The van der Waals surface area contributed by atoms with Crippen molar-refractivity contribution in [3.63, 3.8) is 0 Å². The molecule has 0 aliphatic carbocycles. The molecule has 1 saturated heterocycles. The summed E-state index contributed by atoms with van der Waals surface area (Å²) in [5, 5.41) is 31.6. The van der Waals surface area contributed by atoms with Gasteiger partial charge in [-0.05, 0) is 60.6 Å². The van der Waals surface area contributed by atoms with Crippen LogP contribution in [0.5, 0.6) is 0 Å². The van der Waals surface area contributed by atoms with Gasteiger partial charge in [-0.25, -0.2) is 4.79 Å². The van der Waals surface area contributed by atoms with Gasteiger partial charge in [0.2, 0.25) is 0 Å². The smallest absolute Gasteiger partial charge is 0.321 e. The molecule has 1 atom stereocenters. The molecule has 4 rings (SSSR count). The minimum atomic E-state index is -0.729. The number of aromatic nitrogens is 2. The molecule has 2 amide bonds. The van der Waals surface area contributed by atoms with E-state index in [1.54, 1.807) is 41.4 Å². The summed E-state index contributed by atoms with van der Waals surface area (Å²) in [4.78, 5) is 14.5. The van der Waals surface area contributed by atoms with Crippen molar-refractivity contribution in [2.45, 2.75) is 32.8 Å². The minimum Gasteiger partial charge on any atom is -0.388 e. The second kappa shape index (κ2) is 8.81. The molecule has 2 heterocycles. The van der Waals surface area contributed by atoms with Crippen molar-refractivity contribution in [3.8, 4) is 6.07 Å². The number of amides is 2. The number of aromatic amines is 1. The molecule has 32 heavy (non-hydrogen) atoms. The fourth-order valence-corrected chi connectivity index (χ4v) is 4.78. The molecule has 1 aliphatic rings. The number of aliphatic hydroxyl groups excluding tert-OH is 1. The molecule has 7 nitrogen and oxygen atoms in total. The number of halogens is 1. The molecule has 1 unspecified atom stereocenters. The topological polar surface area (TPSA) is 105 Å². The highest BCUT2D eigenvalue weighted by Crippen LogP contribution is 2.46. The van der Waals surface area contributed by atoms with E-state index >= 15 is 0 Å². The summed E-state index contributed by atoms with van der Waals surface area (Å²) in [6, 6.07) is 12.4. The summed E-state index contributed by atoms with van der Waals surface area (Å²) < 4.78 is 0. The van der Waals surface area contributed by atoms with Gasteiger partial charge in [0.1, 0.15) is 0 Å². The van der Waals surface area contributed by atoms with Crippen molar-refractivity contribution in [3.05, 3.63) is 58.7 Å². The normalized spacial score (nSPS) is 16.0. The Morgan fingerprint density at radius 2 is 2.00 bits per heavy atom. The molecule has 166 valence electrons. The lowest BCUT2D eigenvalue weighted by Gasteiger charge is -2.43. The maximum absolute atomic E-state index is 12.7. The van der Waals surface area contributed by atoms with Gasteiger partial charge in [0.05, 0.1) is 29.5 Å². The van der Waals surface area contributed by atoms with Crippen LogP contribution in [0.2, 0.25) is 5.02 Å². The first-order valence-electron chi connectivity index (χ1n) is 10.7. The van der Waals surface area contributed by atoms with E-state index in [0.717, 1.165) is 29.3 Å². The van der Waals surface area contributed by atoms with Crippen LogP contribution in [0.15, 0.2) is 42.6 Å². The van der Waals surface area contributed by atoms with Crippen molar-refractivity contribution >= 4 is 34.2 Å². The molecular formula is C24H26ClN5O2. The molecule has 2 aromatic carbocycles. The van der Waals surface area contributed by atoms with Crippen molar-refractivity contribution in [1.82, 2.24) is 15.1 Å². The number of nitriles is 1. The van der Waals surface area contributed by atoms with Crippen molar-refractivity contribution in [1.29, 1.82) is 5.26 Å². The molecule has 0 bridgehead atoms. The maximum atomic E-state index is 12.7. The fraction of sp³-hybridized carbons (Fsp3) is 0.375. The Morgan fingerprint density at radius 3 is 2.66 bits per heavy atom. The molecule has 0 saturated carbocycles. The number of nitrogens with zero attached hydrogens (tertiary/aromatic N) is 3. The Bertz CT molecular complexity index is 1160. The van der Waals surface area contributed by atoms with E-state index in [1.165, 1.54) is 0 Å². The number of rotatable bonds is 4. The highest BCUT2D eigenvalue weighted by molar-refractivity contribution is 6.31. The molecule has 1 aliphatic heterocycles. The number of carbonyl (C=O) groups excluding carboxylic acids is 1. The van der Waals surface area contributed by atoms with Gasteiger partial charge < -0.3 is 15.3 Å². The molecule has 3 N–H and O–H groups in total. The number of aliphatic hydroxyl groups is 1. The number of nitrogens with one attached hydrogen (secondary N) is 2. The number of likely N-dealkylation sites (tertiary alicyclic amines) is 1. The first kappa shape index (κ1) is 22.1.